The van der Waals surface area contributed by atoms with Crippen molar-refractivity contribution in [1.29, 1.82) is 0 Å². The van der Waals surface area contributed by atoms with Gasteiger partial charge >= 0.3 is 0 Å². The molecule has 104 valence electrons. The van der Waals surface area contributed by atoms with Gasteiger partial charge in [-0.3, -0.25) is 9.69 Å². The number of hydrogen-bond donors (Lipinski definition) is 0. The number of methoxy groups -OCH3 is 1. The van der Waals surface area contributed by atoms with Crippen LogP contribution in [0.15, 0.2) is 16.8 Å². The molecule has 1 aromatic rings. The Morgan fingerprint density at radius 3 is 3.00 bits per heavy atom. The van der Waals surface area contributed by atoms with Gasteiger partial charge in [-0.1, -0.05) is 0 Å². The molecular weight excluding hydrogens is 260 g/mol. The highest BCUT2D eigenvalue weighted by atomic mass is 32.1. The second kappa shape index (κ2) is 5.23. The van der Waals surface area contributed by atoms with Gasteiger partial charge in [0.2, 0.25) is 5.91 Å². The largest absolute Gasteiger partial charge is 0.375 e. The molecular formula is C14H20N2O2S. The minimum atomic E-state index is 0.129. The third-order valence-electron chi connectivity index (χ3n) is 4.18. The van der Waals surface area contributed by atoms with Crippen LogP contribution in [0.5, 0.6) is 0 Å². The molecule has 4 nitrogen and oxygen atoms in total. The van der Waals surface area contributed by atoms with Crippen molar-refractivity contribution in [1.82, 2.24) is 9.80 Å². The first kappa shape index (κ1) is 13.1. The van der Waals surface area contributed by atoms with Crippen molar-refractivity contribution in [2.24, 2.45) is 5.41 Å². The molecule has 2 aliphatic heterocycles. The summed E-state index contributed by atoms with van der Waals surface area (Å²) in [6.45, 7) is 5.37. The van der Waals surface area contributed by atoms with Crippen molar-refractivity contribution in [3.8, 4) is 0 Å². The third kappa shape index (κ3) is 2.68. The lowest BCUT2D eigenvalue weighted by Crippen LogP contribution is -2.60. The van der Waals surface area contributed by atoms with Gasteiger partial charge in [0, 0.05) is 38.7 Å². The maximum Gasteiger partial charge on any atom is 0.248 e. The van der Waals surface area contributed by atoms with Crippen molar-refractivity contribution in [3.05, 3.63) is 22.4 Å². The van der Waals surface area contributed by atoms with Gasteiger partial charge in [-0.25, -0.2) is 0 Å². The summed E-state index contributed by atoms with van der Waals surface area (Å²) >= 11 is 1.76. The average molecular weight is 280 g/mol. The van der Waals surface area contributed by atoms with Gasteiger partial charge in [-0.15, -0.1) is 0 Å². The molecule has 2 aliphatic rings. The molecule has 5 heteroatoms. The van der Waals surface area contributed by atoms with E-state index in [-0.39, 0.29) is 12.5 Å². The molecule has 2 saturated heterocycles. The fourth-order valence-corrected chi connectivity index (χ4v) is 3.88. The second-order valence-electron chi connectivity index (χ2n) is 5.78. The average Bonchev–Trinajstić information content (AvgIpc) is 2.97. The van der Waals surface area contributed by atoms with Crippen molar-refractivity contribution < 1.29 is 9.53 Å². The molecule has 0 saturated carbocycles. The van der Waals surface area contributed by atoms with Crippen LogP contribution in [-0.2, 0) is 16.1 Å². The molecule has 1 spiro atoms. The van der Waals surface area contributed by atoms with E-state index >= 15 is 0 Å². The number of amides is 1. The van der Waals surface area contributed by atoms with E-state index in [9.17, 15) is 4.79 Å². The molecule has 0 N–H and O–H groups in total. The molecule has 3 rings (SSSR count). The predicted molar refractivity (Wildman–Crippen MR) is 75.1 cm³/mol. The number of carbonyl (C=O) groups excluding carboxylic acids is 1. The highest BCUT2D eigenvalue weighted by Crippen LogP contribution is 2.40. The number of carbonyl (C=O) groups is 1. The van der Waals surface area contributed by atoms with E-state index in [0.29, 0.717) is 5.41 Å². The van der Waals surface area contributed by atoms with Crippen LogP contribution in [0, 0.1) is 5.41 Å². The van der Waals surface area contributed by atoms with E-state index in [2.05, 4.69) is 21.7 Å². The predicted octanol–water partition coefficient (Wildman–Crippen LogP) is 1.43. The van der Waals surface area contributed by atoms with E-state index in [4.69, 9.17) is 4.74 Å². The Morgan fingerprint density at radius 1 is 1.47 bits per heavy atom. The van der Waals surface area contributed by atoms with Crippen LogP contribution in [0.25, 0.3) is 0 Å². The SMILES string of the molecule is COCC(=O)N1CC2(CCN(Cc3ccsc3)C2)C1. The first-order chi connectivity index (χ1) is 9.21. The quantitative estimate of drug-likeness (QED) is 0.836. The van der Waals surface area contributed by atoms with Gasteiger partial charge in [-0.05, 0) is 35.4 Å². The molecule has 0 radical (unpaired) electrons. The molecule has 2 fully saturated rings. The summed E-state index contributed by atoms with van der Waals surface area (Å²) in [5.41, 5.74) is 1.77. The monoisotopic (exact) mass is 280 g/mol. The zero-order valence-corrected chi connectivity index (χ0v) is 12.1. The Kier molecular flexibility index (Phi) is 3.60. The lowest BCUT2D eigenvalue weighted by Gasteiger charge is -2.48. The fraction of sp³-hybridized carbons (Fsp3) is 0.643. The number of ether oxygens (including phenoxy) is 1. The topological polar surface area (TPSA) is 32.8 Å². The van der Waals surface area contributed by atoms with Crippen molar-refractivity contribution in [2.45, 2.75) is 13.0 Å². The molecule has 3 heterocycles. The highest BCUT2D eigenvalue weighted by Gasteiger charge is 2.48. The van der Waals surface area contributed by atoms with Crippen LogP contribution >= 0.6 is 11.3 Å². The second-order valence-corrected chi connectivity index (χ2v) is 6.56. The first-order valence-electron chi connectivity index (χ1n) is 6.71. The lowest BCUT2D eigenvalue weighted by atomic mass is 9.79. The van der Waals surface area contributed by atoms with Crippen molar-refractivity contribution in [3.63, 3.8) is 0 Å². The summed E-state index contributed by atoms with van der Waals surface area (Å²) < 4.78 is 4.90. The number of likely N-dealkylation sites (tertiary alicyclic amines) is 2. The van der Waals surface area contributed by atoms with Crippen LogP contribution in [0.3, 0.4) is 0 Å². The van der Waals surface area contributed by atoms with Gasteiger partial charge < -0.3 is 9.64 Å². The van der Waals surface area contributed by atoms with Gasteiger partial charge in [0.25, 0.3) is 0 Å². The van der Waals surface area contributed by atoms with Gasteiger partial charge in [0.15, 0.2) is 0 Å². The Bertz CT molecular complexity index is 440. The van der Waals surface area contributed by atoms with E-state index in [1.165, 1.54) is 12.0 Å². The van der Waals surface area contributed by atoms with E-state index < -0.39 is 0 Å². The molecule has 0 atom stereocenters. The normalized spacial score (nSPS) is 21.8. The van der Waals surface area contributed by atoms with Crippen LogP contribution in [-0.4, -0.2) is 55.6 Å². The Hall–Kier alpha value is -0.910. The van der Waals surface area contributed by atoms with Gasteiger partial charge in [0.1, 0.15) is 6.61 Å². The number of hydrogen-bond acceptors (Lipinski definition) is 4. The molecule has 1 aromatic heterocycles. The maximum absolute atomic E-state index is 11.7. The molecule has 19 heavy (non-hydrogen) atoms. The molecule has 0 aliphatic carbocycles. The molecule has 0 aromatic carbocycles. The Balaban J connectivity index is 1.49. The van der Waals surface area contributed by atoms with Gasteiger partial charge in [0.05, 0.1) is 0 Å². The Morgan fingerprint density at radius 2 is 2.32 bits per heavy atom. The van der Waals surface area contributed by atoms with Gasteiger partial charge in [-0.2, -0.15) is 11.3 Å². The summed E-state index contributed by atoms with van der Waals surface area (Å²) in [5.74, 6) is 0.129. The third-order valence-corrected chi connectivity index (χ3v) is 4.91. The van der Waals surface area contributed by atoms with Crippen LogP contribution in [0.2, 0.25) is 0 Å². The summed E-state index contributed by atoms with van der Waals surface area (Å²) in [6, 6.07) is 2.20. The van der Waals surface area contributed by atoms with E-state index in [0.717, 1.165) is 32.7 Å². The number of nitrogens with zero attached hydrogens (tertiary/aromatic N) is 2. The van der Waals surface area contributed by atoms with Crippen molar-refractivity contribution in [2.75, 3.05) is 39.9 Å². The fourth-order valence-electron chi connectivity index (χ4n) is 3.22. The van der Waals surface area contributed by atoms with E-state index in [1.807, 2.05) is 4.90 Å². The molecule has 0 unspecified atom stereocenters. The summed E-state index contributed by atoms with van der Waals surface area (Å²) in [6.07, 6.45) is 1.22. The smallest absolute Gasteiger partial charge is 0.248 e. The van der Waals surface area contributed by atoms with E-state index in [1.54, 1.807) is 18.4 Å². The molecule has 0 bridgehead atoms. The minimum absolute atomic E-state index is 0.129. The van der Waals surface area contributed by atoms with Crippen molar-refractivity contribution >= 4 is 17.2 Å². The van der Waals surface area contributed by atoms with Crippen LogP contribution in [0.1, 0.15) is 12.0 Å². The summed E-state index contributed by atoms with van der Waals surface area (Å²) in [7, 11) is 1.58. The zero-order chi connectivity index (χ0) is 13.3. The number of rotatable bonds is 4. The summed E-state index contributed by atoms with van der Waals surface area (Å²) in [4.78, 5) is 16.1. The lowest BCUT2D eigenvalue weighted by molar-refractivity contribution is -0.146. The first-order valence-corrected chi connectivity index (χ1v) is 7.65. The number of thiophene rings is 1. The zero-order valence-electron chi connectivity index (χ0n) is 11.3. The summed E-state index contributed by atoms with van der Waals surface area (Å²) in [5, 5.41) is 4.36. The standard InChI is InChI=1S/C14H20N2O2S/c1-18-7-13(17)16-10-14(11-16)3-4-15(9-14)6-12-2-5-19-8-12/h2,5,8H,3-4,6-7,9-11H2,1H3. The highest BCUT2D eigenvalue weighted by molar-refractivity contribution is 7.07. The van der Waals surface area contributed by atoms with Crippen LogP contribution < -0.4 is 0 Å². The Labute approximate surface area is 118 Å². The molecule has 1 amide bonds. The maximum atomic E-state index is 11.7. The minimum Gasteiger partial charge on any atom is -0.375 e. The van der Waals surface area contributed by atoms with Crippen LogP contribution in [0.4, 0.5) is 0 Å².